The predicted molar refractivity (Wildman–Crippen MR) is 48.0 cm³/mol. The molecule has 74 valence electrons. The first-order valence-corrected chi connectivity index (χ1v) is 4.63. The van der Waals surface area contributed by atoms with Crippen molar-refractivity contribution in [3.63, 3.8) is 0 Å². The van der Waals surface area contributed by atoms with Crippen LogP contribution in [0.3, 0.4) is 0 Å². The Morgan fingerprint density at radius 1 is 1.43 bits per heavy atom. The molecule has 2 aliphatic rings. The van der Waals surface area contributed by atoms with Crippen molar-refractivity contribution in [2.24, 2.45) is 0 Å². The number of likely N-dealkylation sites (tertiary alicyclic amines) is 1. The molecule has 3 unspecified atom stereocenters. The minimum atomic E-state index is -0.470. The summed E-state index contributed by atoms with van der Waals surface area (Å²) in [4.78, 5) is 24.5. The minimum Gasteiger partial charge on any atom is -0.355 e. The molecule has 0 spiro atoms. The highest BCUT2D eigenvalue weighted by Gasteiger charge is 2.47. The van der Waals surface area contributed by atoms with Gasteiger partial charge in [-0.25, -0.2) is 0 Å². The molecule has 2 saturated heterocycles. The molecule has 2 rings (SSSR count). The van der Waals surface area contributed by atoms with Gasteiger partial charge in [-0.2, -0.15) is 0 Å². The molecular weight excluding hydrogens is 182 g/mol. The third-order valence-electron chi connectivity index (χ3n) is 2.67. The summed E-state index contributed by atoms with van der Waals surface area (Å²) in [7, 11) is 0. The van der Waals surface area contributed by atoms with E-state index in [1.165, 1.54) is 0 Å². The molecular formula is C10H11NO3. The van der Waals surface area contributed by atoms with E-state index in [-0.39, 0.29) is 11.8 Å². The van der Waals surface area contributed by atoms with Crippen molar-refractivity contribution >= 4 is 11.8 Å². The zero-order chi connectivity index (χ0) is 10.3. The fourth-order valence-electron chi connectivity index (χ4n) is 1.88. The normalized spacial score (nSPS) is 33.0. The first-order chi connectivity index (χ1) is 6.65. The highest BCUT2D eigenvalue weighted by atomic mass is 16.5. The Labute approximate surface area is 82.2 Å². The number of ether oxygens (including phenoxy) is 1. The zero-order valence-electron chi connectivity index (χ0n) is 7.90. The molecule has 0 aliphatic carbocycles. The van der Waals surface area contributed by atoms with Crippen LogP contribution in [-0.2, 0) is 14.3 Å². The van der Waals surface area contributed by atoms with Gasteiger partial charge in [-0.15, -0.1) is 6.42 Å². The van der Waals surface area contributed by atoms with Crippen molar-refractivity contribution in [1.29, 1.82) is 0 Å². The second-order valence-corrected chi connectivity index (χ2v) is 3.58. The summed E-state index contributed by atoms with van der Waals surface area (Å²) < 4.78 is 5.24. The van der Waals surface area contributed by atoms with Crippen LogP contribution in [-0.4, -0.2) is 35.0 Å². The molecule has 2 heterocycles. The third-order valence-corrected chi connectivity index (χ3v) is 2.67. The lowest BCUT2D eigenvalue weighted by Crippen LogP contribution is -2.54. The summed E-state index contributed by atoms with van der Waals surface area (Å²) in [6.45, 7) is 1.67. The summed E-state index contributed by atoms with van der Waals surface area (Å²) in [5.41, 5.74) is 0. The Bertz CT molecular complexity index is 309. The average molecular weight is 193 g/mol. The number of amides is 2. The van der Waals surface area contributed by atoms with Crippen LogP contribution in [0.15, 0.2) is 0 Å². The van der Waals surface area contributed by atoms with Crippen LogP contribution in [0.2, 0.25) is 0 Å². The average Bonchev–Trinajstić information content (AvgIpc) is 2.61. The Kier molecular flexibility index (Phi) is 2.05. The second kappa shape index (κ2) is 3.10. The molecule has 14 heavy (non-hydrogen) atoms. The van der Waals surface area contributed by atoms with Crippen LogP contribution in [0.1, 0.15) is 19.8 Å². The number of rotatable bonds is 1. The lowest BCUT2D eigenvalue weighted by Gasteiger charge is -2.31. The molecule has 2 aliphatic heterocycles. The quantitative estimate of drug-likeness (QED) is 0.432. The molecule has 3 atom stereocenters. The van der Waals surface area contributed by atoms with E-state index in [2.05, 4.69) is 5.92 Å². The van der Waals surface area contributed by atoms with Crippen molar-refractivity contribution < 1.29 is 14.3 Å². The number of morpholine rings is 1. The van der Waals surface area contributed by atoms with Gasteiger partial charge in [0.25, 0.3) is 11.8 Å². The maximum absolute atomic E-state index is 11.7. The number of carbonyl (C=O) groups is 2. The topological polar surface area (TPSA) is 46.6 Å². The van der Waals surface area contributed by atoms with E-state index in [4.69, 9.17) is 11.2 Å². The Balaban J connectivity index is 2.29. The fraction of sp³-hybridized carbons (Fsp3) is 0.600. The summed E-state index contributed by atoms with van der Waals surface area (Å²) in [6.07, 6.45) is 5.56. The van der Waals surface area contributed by atoms with Gasteiger partial charge >= 0.3 is 0 Å². The van der Waals surface area contributed by atoms with Gasteiger partial charge in [0.1, 0.15) is 12.2 Å². The van der Waals surface area contributed by atoms with Gasteiger partial charge in [-0.05, 0) is 19.8 Å². The van der Waals surface area contributed by atoms with Crippen molar-refractivity contribution in [3.05, 3.63) is 0 Å². The predicted octanol–water partition coefficient (Wildman–Crippen LogP) is -0.0755. The van der Waals surface area contributed by atoms with Crippen LogP contribution in [0.25, 0.3) is 0 Å². The van der Waals surface area contributed by atoms with Crippen LogP contribution in [0.5, 0.6) is 0 Å². The van der Waals surface area contributed by atoms with E-state index >= 15 is 0 Å². The fourth-order valence-corrected chi connectivity index (χ4v) is 1.88. The highest BCUT2D eigenvalue weighted by molar-refractivity contribution is 6.03. The lowest BCUT2D eigenvalue weighted by molar-refractivity contribution is -0.169. The molecule has 0 aromatic heterocycles. The number of terminal acetylenes is 1. The van der Waals surface area contributed by atoms with E-state index in [1.54, 1.807) is 6.92 Å². The van der Waals surface area contributed by atoms with Crippen molar-refractivity contribution in [3.8, 4) is 12.3 Å². The van der Waals surface area contributed by atoms with Crippen molar-refractivity contribution in [2.45, 2.75) is 38.0 Å². The lowest BCUT2D eigenvalue weighted by atomic mass is 10.2. The first kappa shape index (κ1) is 9.22. The highest BCUT2D eigenvalue weighted by Crippen LogP contribution is 2.29. The Morgan fingerprint density at radius 3 is 2.36 bits per heavy atom. The van der Waals surface area contributed by atoms with Crippen LogP contribution in [0.4, 0.5) is 0 Å². The van der Waals surface area contributed by atoms with Crippen LogP contribution < -0.4 is 0 Å². The van der Waals surface area contributed by atoms with E-state index < -0.39 is 18.2 Å². The standard InChI is InChI=1S/C10H11NO3/c1-3-6(2)11-9(12)7-4-5-8(14-7)10(11)13/h1,6-8H,4-5H2,2H3. The Hall–Kier alpha value is -1.34. The van der Waals surface area contributed by atoms with Gasteiger partial charge < -0.3 is 4.74 Å². The zero-order valence-corrected chi connectivity index (χ0v) is 7.90. The minimum absolute atomic E-state index is 0.283. The molecule has 2 bridgehead atoms. The van der Waals surface area contributed by atoms with Gasteiger partial charge in [0.15, 0.2) is 0 Å². The number of fused-ring (bicyclic) bond motifs is 2. The van der Waals surface area contributed by atoms with Gasteiger partial charge in [0.05, 0.1) is 6.04 Å². The van der Waals surface area contributed by atoms with E-state index in [0.717, 1.165) is 4.90 Å². The number of carbonyl (C=O) groups excluding carboxylic acids is 2. The SMILES string of the molecule is C#CC(C)N1C(=O)C2CCC(O2)C1=O. The summed E-state index contributed by atoms with van der Waals surface area (Å²) in [6, 6.07) is -0.470. The molecule has 4 heteroatoms. The molecule has 0 aromatic carbocycles. The third kappa shape index (κ3) is 1.13. The van der Waals surface area contributed by atoms with E-state index in [0.29, 0.717) is 12.8 Å². The number of nitrogens with zero attached hydrogens (tertiary/aromatic N) is 1. The first-order valence-electron chi connectivity index (χ1n) is 4.63. The molecule has 4 nitrogen and oxygen atoms in total. The van der Waals surface area contributed by atoms with Gasteiger partial charge in [-0.1, -0.05) is 5.92 Å². The molecule has 0 saturated carbocycles. The summed E-state index contributed by atoms with van der Waals surface area (Å²) in [5, 5.41) is 0. The van der Waals surface area contributed by atoms with Crippen molar-refractivity contribution in [2.75, 3.05) is 0 Å². The summed E-state index contributed by atoms with van der Waals surface area (Å²) >= 11 is 0. The molecule has 0 N–H and O–H groups in total. The summed E-state index contributed by atoms with van der Waals surface area (Å²) in [5.74, 6) is 1.83. The van der Waals surface area contributed by atoms with Crippen molar-refractivity contribution in [1.82, 2.24) is 4.90 Å². The maximum Gasteiger partial charge on any atom is 0.259 e. The molecule has 0 radical (unpaired) electrons. The molecule has 2 fully saturated rings. The van der Waals surface area contributed by atoms with E-state index in [1.807, 2.05) is 0 Å². The largest absolute Gasteiger partial charge is 0.355 e. The van der Waals surface area contributed by atoms with E-state index in [9.17, 15) is 9.59 Å². The maximum atomic E-state index is 11.7. The Morgan fingerprint density at radius 2 is 1.93 bits per heavy atom. The molecule has 0 aromatic rings. The number of imide groups is 1. The molecule has 2 amide bonds. The monoisotopic (exact) mass is 193 g/mol. The number of hydrogen-bond acceptors (Lipinski definition) is 3. The number of hydrogen-bond donors (Lipinski definition) is 0. The smallest absolute Gasteiger partial charge is 0.259 e. The second-order valence-electron chi connectivity index (χ2n) is 3.58. The van der Waals surface area contributed by atoms with Gasteiger partial charge in [0, 0.05) is 0 Å². The van der Waals surface area contributed by atoms with Gasteiger partial charge in [-0.3, -0.25) is 14.5 Å². The van der Waals surface area contributed by atoms with Crippen LogP contribution in [0, 0.1) is 12.3 Å². The van der Waals surface area contributed by atoms with Crippen LogP contribution >= 0.6 is 0 Å². The van der Waals surface area contributed by atoms with Gasteiger partial charge in [0.2, 0.25) is 0 Å².